The Morgan fingerprint density at radius 1 is 1.00 bits per heavy atom. The number of carbonyl (C=O) groups excluding carboxylic acids is 2. The minimum atomic E-state index is -1.62. The fourth-order valence-electron chi connectivity index (χ4n) is 4.28. The van der Waals surface area contributed by atoms with Gasteiger partial charge in [-0.05, 0) is 26.7 Å². The van der Waals surface area contributed by atoms with Gasteiger partial charge in [-0.3, -0.25) is 4.90 Å². The van der Waals surface area contributed by atoms with Gasteiger partial charge >= 0.3 is 12.2 Å². The quantitative estimate of drug-likeness (QED) is 0.380. The van der Waals surface area contributed by atoms with Gasteiger partial charge in [0.2, 0.25) is 0 Å². The molecule has 4 N–H and O–H groups in total. The molecule has 0 aliphatic rings. The Hall–Kier alpha value is -1.54. The first-order valence-electron chi connectivity index (χ1n) is 11.0. The van der Waals surface area contributed by atoms with Gasteiger partial charge in [0.25, 0.3) is 0 Å². The van der Waals surface area contributed by atoms with Crippen molar-refractivity contribution in [2.75, 3.05) is 19.8 Å². The summed E-state index contributed by atoms with van der Waals surface area (Å²) in [6.45, 7) is 14.6. The van der Waals surface area contributed by atoms with Crippen molar-refractivity contribution in [2.24, 2.45) is 22.5 Å². The standard InChI is InChI=1S/C22H44N2O6/c1-9-11-20(7,14-29-18(23)26)15-30-19(27)24(17(5)6)22(28,16(3)4)21(8,13-25)12-10-2/h16-17,25,28H,9-15H2,1-8H3,(H2,23,26). The van der Waals surface area contributed by atoms with Crippen molar-refractivity contribution in [3.63, 3.8) is 0 Å². The van der Waals surface area contributed by atoms with Crippen LogP contribution in [0.15, 0.2) is 0 Å². The first-order valence-corrected chi connectivity index (χ1v) is 11.0. The highest BCUT2D eigenvalue weighted by Gasteiger charge is 2.55. The second-order valence-electron chi connectivity index (χ2n) is 9.54. The average molecular weight is 433 g/mol. The number of rotatable bonds is 13. The van der Waals surface area contributed by atoms with Crippen LogP contribution in [-0.4, -0.2) is 58.9 Å². The Balaban J connectivity index is 5.85. The molecule has 0 spiro atoms. The van der Waals surface area contributed by atoms with E-state index in [2.05, 4.69) is 0 Å². The molecule has 0 fully saturated rings. The molecule has 0 aromatic rings. The van der Waals surface area contributed by atoms with Crippen LogP contribution in [0.4, 0.5) is 9.59 Å². The Morgan fingerprint density at radius 3 is 1.87 bits per heavy atom. The highest BCUT2D eigenvalue weighted by molar-refractivity contribution is 5.69. The number of hydrogen-bond donors (Lipinski definition) is 3. The average Bonchev–Trinajstić information content (AvgIpc) is 2.64. The number of amides is 2. The lowest BCUT2D eigenvalue weighted by Crippen LogP contribution is -2.67. The molecule has 0 rings (SSSR count). The van der Waals surface area contributed by atoms with Crippen molar-refractivity contribution >= 4 is 12.2 Å². The van der Waals surface area contributed by atoms with Crippen LogP contribution < -0.4 is 5.73 Å². The van der Waals surface area contributed by atoms with Gasteiger partial charge in [-0.15, -0.1) is 0 Å². The van der Waals surface area contributed by atoms with Crippen LogP contribution in [0, 0.1) is 16.7 Å². The molecule has 8 nitrogen and oxygen atoms in total. The summed E-state index contributed by atoms with van der Waals surface area (Å²) in [4.78, 5) is 25.6. The number of nitrogens with zero attached hydrogens (tertiary/aromatic N) is 1. The van der Waals surface area contributed by atoms with Gasteiger partial charge in [-0.25, -0.2) is 9.59 Å². The summed E-state index contributed by atoms with van der Waals surface area (Å²) in [5.41, 5.74) is 1.95. The monoisotopic (exact) mass is 432 g/mol. The number of aliphatic hydroxyl groups excluding tert-OH is 1. The molecule has 0 saturated heterocycles. The van der Waals surface area contributed by atoms with E-state index in [1.807, 2.05) is 34.6 Å². The smallest absolute Gasteiger partial charge is 0.412 e. The van der Waals surface area contributed by atoms with Crippen LogP contribution in [-0.2, 0) is 9.47 Å². The first kappa shape index (κ1) is 28.5. The highest BCUT2D eigenvalue weighted by Crippen LogP contribution is 2.44. The number of hydrogen-bond acceptors (Lipinski definition) is 6. The lowest BCUT2D eigenvalue weighted by Gasteiger charge is -2.54. The number of carbonyl (C=O) groups is 2. The SMILES string of the molecule is CCCC(C)(COC(N)=O)COC(=O)N(C(C)C)C(O)(C(C)C)C(C)(CO)CCC. The van der Waals surface area contributed by atoms with E-state index in [0.717, 1.165) is 12.8 Å². The molecule has 0 aromatic heterocycles. The van der Waals surface area contributed by atoms with E-state index in [4.69, 9.17) is 15.2 Å². The van der Waals surface area contributed by atoms with E-state index in [0.29, 0.717) is 12.8 Å². The molecule has 0 saturated carbocycles. The van der Waals surface area contributed by atoms with Gasteiger partial charge in [0.05, 0.1) is 6.61 Å². The molecule has 8 heteroatoms. The number of nitrogens with two attached hydrogens (primary N) is 1. The molecule has 0 heterocycles. The van der Waals surface area contributed by atoms with Gasteiger partial charge in [-0.2, -0.15) is 0 Å². The number of primary amides is 1. The molecular weight excluding hydrogens is 388 g/mol. The maximum absolute atomic E-state index is 13.2. The number of aliphatic hydroxyl groups is 2. The Morgan fingerprint density at radius 2 is 1.50 bits per heavy atom. The number of ether oxygens (including phenoxy) is 2. The van der Waals surface area contributed by atoms with E-state index < -0.39 is 28.7 Å². The third kappa shape index (κ3) is 6.74. The van der Waals surface area contributed by atoms with Gasteiger partial charge in [0.15, 0.2) is 5.72 Å². The summed E-state index contributed by atoms with van der Waals surface area (Å²) in [7, 11) is 0. The van der Waals surface area contributed by atoms with Crippen LogP contribution in [0.2, 0.25) is 0 Å². The van der Waals surface area contributed by atoms with Gasteiger partial charge < -0.3 is 25.4 Å². The molecule has 3 atom stereocenters. The molecule has 3 unspecified atom stereocenters. The highest BCUT2D eigenvalue weighted by atomic mass is 16.6. The Labute approximate surface area is 182 Å². The van der Waals surface area contributed by atoms with E-state index >= 15 is 0 Å². The second kappa shape index (κ2) is 11.7. The normalized spacial score (nSPS) is 17.7. The zero-order valence-corrected chi connectivity index (χ0v) is 20.2. The molecule has 0 aliphatic carbocycles. The van der Waals surface area contributed by atoms with Crippen molar-refractivity contribution in [3.05, 3.63) is 0 Å². The molecule has 0 aliphatic heterocycles. The summed E-state index contributed by atoms with van der Waals surface area (Å²) in [5.74, 6) is -0.351. The fourth-order valence-corrected chi connectivity index (χ4v) is 4.28. The van der Waals surface area contributed by atoms with E-state index in [-0.39, 0.29) is 31.8 Å². The third-order valence-electron chi connectivity index (χ3n) is 5.89. The maximum Gasteiger partial charge on any atom is 0.412 e. The summed E-state index contributed by atoms with van der Waals surface area (Å²) in [6.07, 6.45) is 1.20. The van der Waals surface area contributed by atoms with Crippen molar-refractivity contribution in [1.29, 1.82) is 0 Å². The predicted octanol–water partition coefficient (Wildman–Crippen LogP) is 3.88. The summed E-state index contributed by atoms with van der Waals surface area (Å²) >= 11 is 0. The van der Waals surface area contributed by atoms with E-state index in [9.17, 15) is 19.8 Å². The largest absolute Gasteiger partial charge is 0.449 e. The molecule has 30 heavy (non-hydrogen) atoms. The zero-order valence-electron chi connectivity index (χ0n) is 20.2. The summed E-state index contributed by atoms with van der Waals surface area (Å²) in [6, 6.07) is -0.369. The van der Waals surface area contributed by atoms with Crippen LogP contribution in [0.3, 0.4) is 0 Å². The topological polar surface area (TPSA) is 122 Å². The lowest BCUT2D eigenvalue weighted by molar-refractivity contribution is -0.227. The fraction of sp³-hybridized carbons (Fsp3) is 0.909. The van der Waals surface area contributed by atoms with Crippen molar-refractivity contribution < 1.29 is 29.3 Å². The Kier molecular flexibility index (Phi) is 11.1. The van der Waals surface area contributed by atoms with Crippen LogP contribution in [0.1, 0.15) is 81.1 Å². The molecule has 0 bridgehead atoms. The molecule has 178 valence electrons. The van der Waals surface area contributed by atoms with Crippen molar-refractivity contribution in [3.8, 4) is 0 Å². The van der Waals surface area contributed by atoms with E-state index in [1.54, 1.807) is 20.8 Å². The minimum absolute atomic E-state index is 0.00790. The minimum Gasteiger partial charge on any atom is -0.449 e. The van der Waals surface area contributed by atoms with Gasteiger partial charge in [-0.1, -0.05) is 54.4 Å². The lowest BCUT2D eigenvalue weighted by atomic mass is 9.69. The van der Waals surface area contributed by atoms with Crippen LogP contribution >= 0.6 is 0 Å². The third-order valence-corrected chi connectivity index (χ3v) is 5.89. The molecule has 0 aromatic carbocycles. The van der Waals surface area contributed by atoms with Crippen LogP contribution in [0.25, 0.3) is 0 Å². The van der Waals surface area contributed by atoms with Crippen molar-refractivity contribution in [2.45, 2.75) is 92.8 Å². The maximum atomic E-state index is 13.2. The van der Waals surface area contributed by atoms with Crippen molar-refractivity contribution in [1.82, 2.24) is 4.90 Å². The molecular formula is C22H44N2O6. The van der Waals surface area contributed by atoms with Gasteiger partial charge in [0, 0.05) is 22.8 Å². The van der Waals surface area contributed by atoms with E-state index in [1.165, 1.54) is 4.90 Å². The van der Waals surface area contributed by atoms with Crippen LogP contribution in [0.5, 0.6) is 0 Å². The Bertz CT molecular complexity index is 556. The van der Waals surface area contributed by atoms with Gasteiger partial charge in [0.1, 0.15) is 13.2 Å². The zero-order chi connectivity index (χ0) is 23.8. The second-order valence-corrected chi connectivity index (χ2v) is 9.54. The summed E-state index contributed by atoms with van der Waals surface area (Å²) in [5, 5.41) is 22.0. The molecule has 2 amide bonds. The summed E-state index contributed by atoms with van der Waals surface area (Å²) < 4.78 is 10.6. The molecule has 0 radical (unpaired) electrons. The predicted molar refractivity (Wildman–Crippen MR) is 117 cm³/mol. The first-order chi connectivity index (χ1) is 13.7.